The number of carbonyl (C=O) groups excluding carboxylic acids is 1. The van der Waals surface area contributed by atoms with E-state index in [0.29, 0.717) is 13.1 Å². The lowest BCUT2D eigenvalue weighted by Gasteiger charge is -2.08. The number of benzene rings is 1. The molecule has 6 nitrogen and oxygen atoms in total. The molecule has 0 fully saturated rings. The molecule has 0 radical (unpaired) electrons. The first-order valence-electron chi connectivity index (χ1n) is 7.80. The molecule has 2 N–H and O–H groups in total. The molecule has 2 aromatic heterocycles. The topological polar surface area (TPSA) is 71.8 Å². The third kappa shape index (κ3) is 4.63. The van der Waals surface area contributed by atoms with E-state index in [0.717, 1.165) is 22.4 Å². The van der Waals surface area contributed by atoms with E-state index >= 15 is 0 Å². The average molecular weight is 339 g/mol. The van der Waals surface area contributed by atoms with Gasteiger partial charge in [0.15, 0.2) is 0 Å². The quantitative estimate of drug-likeness (QED) is 0.750. The number of pyridine rings is 1. The van der Waals surface area contributed by atoms with Gasteiger partial charge in [0.2, 0.25) is 0 Å². The van der Waals surface area contributed by atoms with Crippen molar-refractivity contribution in [3.63, 3.8) is 0 Å². The van der Waals surface area contributed by atoms with E-state index in [1.165, 1.54) is 12.1 Å². The molecule has 3 aromatic rings. The molecule has 0 aliphatic heterocycles. The van der Waals surface area contributed by atoms with Gasteiger partial charge in [0, 0.05) is 38.1 Å². The lowest BCUT2D eigenvalue weighted by Crippen LogP contribution is -2.34. The number of nitrogens with zero attached hydrogens (tertiary/aromatic N) is 3. The van der Waals surface area contributed by atoms with Gasteiger partial charge in [0.05, 0.1) is 11.9 Å². The van der Waals surface area contributed by atoms with E-state index in [-0.39, 0.29) is 11.8 Å². The second kappa shape index (κ2) is 7.57. The maximum atomic E-state index is 12.8. The van der Waals surface area contributed by atoms with Gasteiger partial charge in [-0.05, 0) is 29.3 Å². The number of aryl methyl sites for hydroxylation is 1. The Balaban J connectivity index is 1.47. The van der Waals surface area contributed by atoms with E-state index in [4.69, 9.17) is 0 Å². The summed E-state index contributed by atoms with van der Waals surface area (Å²) in [4.78, 5) is 16.2. The van der Waals surface area contributed by atoms with Crippen LogP contribution in [0.4, 0.5) is 9.18 Å². The van der Waals surface area contributed by atoms with Crippen molar-refractivity contribution in [1.29, 1.82) is 0 Å². The van der Waals surface area contributed by atoms with Gasteiger partial charge in [-0.25, -0.2) is 9.18 Å². The molecular weight excluding hydrogens is 321 g/mol. The summed E-state index contributed by atoms with van der Waals surface area (Å²) in [6.07, 6.45) is 5.37. The fourth-order valence-corrected chi connectivity index (χ4v) is 2.28. The second-order valence-corrected chi connectivity index (χ2v) is 5.62. The maximum Gasteiger partial charge on any atom is 0.315 e. The highest BCUT2D eigenvalue weighted by atomic mass is 19.1. The minimum Gasteiger partial charge on any atom is -0.334 e. The smallest absolute Gasteiger partial charge is 0.315 e. The van der Waals surface area contributed by atoms with Gasteiger partial charge in [0.1, 0.15) is 5.82 Å². The number of urea groups is 1. The van der Waals surface area contributed by atoms with Crippen LogP contribution in [-0.4, -0.2) is 20.8 Å². The predicted molar refractivity (Wildman–Crippen MR) is 91.9 cm³/mol. The first-order valence-corrected chi connectivity index (χ1v) is 7.80. The molecule has 0 unspecified atom stereocenters. The van der Waals surface area contributed by atoms with Crippen molar-refractivity contribution in [2.24, 2.45) is 7.05 Å². The van der Waals surface area contributed by atoms with Crippen LogP contribution in [0.25, 0.3) is 11.3 Å². The largest absolute Gasteiger partial charge is 0.334 e. The Morgan fingerprint density at radius 3 is 2.32 bits per heavy atom. The van der Waals surface area contributed by atoms with Gasteiger partial charge in [-0.3, -0.25) is 9.67 Å². The summed E-state index contributed by atoms with van der Waals surface area (Å²) in [6.45, 7) is 0.708. The van der Waals surface area contributed by atoms with Crippen LogP contribution < -0.4 is 10.6 Å². The summed E-state index contributed by atoms with van der Waals surface area (Å²) in [5.41, 5.74) is 3.50. The predicted octanol–water partition coefficient (Wildman–Crippen LogP) is 2.62. The molecule has 1 aromatic carbocycles. The van der Waals surface area contributed by atoms with Gasteiger partial charge >= 0.3 is 6.03 Å². The number of carbonyl (C=O) groups is 1. The van der Waals surface area contributed by atoms with E-state index < -0.39 is 0 Å². The number of nitrogens with one attached hydrogen (secondary N) is 2. The molecule has 0 aliphatic rings. The van der Waals surface area contributed by atoms with E-state index in [1.807, 2.05) is 25.4 Å². The van der Waals surface area contributed by atoms with Crippen molar-refractivity contribution in [1.82, 2.24) is 25.4 Å². The Hall–Kier alpha value is -3.22. The molecule has 3 rings (SSSR count). The van der Waals surface area contributed by atoms with Crippen molar-refractivity contribution in [2.45, 2.75) is 13.1 Å². The molecule has 0 bridgehead atoms. The monoisotopic (exact) mass is 339 g/mol. The van der Waals surface area contributed by atoms with Gasteiger partial charge in [-0.15, -0.1) is 0 Å². The molecule has 25 heavy (non-hydrogen) atoms. The summed E-state index contributed by atoms with van der Waals surface area (Å²) >= 11 is 0. The average Bonchev–Trinajstić information content (AvgIpc) is 3.06. The summed E-state index contributed by atoms with van der Waals surface area (Å²) < 4.78 is 14.5. The zero-order valence-corrected chi connectivity index (χ0v) is 13.7. The zero-order valence-electron chi connectivity index (χ0n) is 13.7. The molecule has 2 amide bonds. The van der Waals surface area contributed by atoms with E-state index in [2.05, 4.69) is 20.7 Å². The number of hydrogen-bond acceptors (Lipinski definition) is 3. The molecule has 7 heteroatoms. The third-order valence-corrected chi connectivity index (χ3v) is 3.64. The van der Waals surface area contributed by atoms with Crippen LogP contribution in [0.1, 0.15) is 11.1 Å². The zero-order chi connectivity index (χ0) is 17.6. The minimum absolute atomic E-state index is 0.291. The standard InChI is InChI=1S/C18H18FN5O/c1-24-12-15(11-23-24)17-7-4-14(9-20-17)10-22-18(25)21-8-13-2-5-16(19)6-3-13/h2-7,9,11-12H,8,10H2,1H3,(H2,21,22,25). The van der Waals surface area contributed by atoms with Crippen molar-refractivity contribution in [3.8, 4) is 11.3 Å². The van der Waals surface area contributed by atoms with Crippen LogP contribution in [0.2, 0.25) is 0 Å². The number of rotatable bonds is 5. The highest BCUT2D eigenvalue weighted by Crippen LogP contribution is 2.15. The first-order chi connectivity index (χ1) is 12.1. The third-order valence-electron chi connectivity index (χ3n) is 3.64. The van der Waals surface area contributed by atoms with Crippen molar-refractivity contribution < 1.29 is 9.18 Å². The molecule has 0 saturated heterocycles. The Kier molecular flexibility index (Phi) is 5.03. The highest BCUT2D eigenvalue weighted by molar-refractivity contribution is 5.73. The Labute approximate surface area is 144 Å². The molecule has 2 heterocycles. The fourth-order valence-electron chi connectivity index (χ4n) is 2.28. The van der Waals surface area contributed by atoms with Gasteiger partial charge < -0.3 is 10.6 Å². The Morgan fingerprint density at radius 2 is 1.72 bits per heavy atom. The lowest BCUT2D eigenvalue weighted by atomic mass is 10.2. The summed E-state index contributed by atoms with van der Waals surface area (Å²) in [5, 5.41) is 9.60. The molecular formula is C18H18FN5O. The van der Waals surface area contributed by atoms with Crippen molar-refractivity contribution in [3.05, 3.63) is 71.9 Å². The number of aromatic nitrogens is 3. The maximum absolute atomic E-state index is 12.8. The van der Waals surface area contributed by atoms with Crippen LogP contribution in [-0.2, 0) is 20.1 Å². The molecule has 128 valence electrons. The minimum atomic E-state index is -0.296. The Morgan fingerprint density at radius 1 is 1.04 bits per heavy atom. The first kappa shape index (κ1) is 16.6. The van der Waals surface area contributed by atoms with Crippen LogP contribution in [0.15, 0.2) is 55.0 Å². The van der Waals surface area contributed by atoms with Crippen LogP contribution >= 0.6 is 0 Å². The molecule has 0 saturated carbocycles. The highest BCUT2D eigenvalue weighted by Gasteiger charge is 2.04. The van der Waals surface area contributed by atoms with Gasteiger partial charge in [0.25, 0.3) is 0 Å². The van der Waals surface area contributed by atoms with Crippen LogP contribution in [0, 0.1) is 5.82 Å². The number of halogens is 1. The van der Waals surface area contributed by atoms with Crippen LogP contribution in [0.5, 0.6) is 0 Å². The second-order valence-electron chi connectivity index (χ2n) is 5.62. The summed E-state index contributed by atoms with van der Waals surface area (Å²) in [6, 6.07) is 9.52. The fraction of sp³-hybridized carbons (Fsp3) is 0.167. The van der Waals surface area contributed by atoms with Gasteiger partial charge in [-0.2, -0.15) is 5.10 Å². The van der Waals surface area contributed by atoms with Gasteiger partial charge in [-0.1, -0.05) is 18.2 Å². The summed E-state index contributed by atoms with van der Waals surface area (Å²) in [5.74, 6) is -0.296. The molecule has 0 atom stereocenters. The van der Waals surface area contributed by atoms with Crippen molar-refractivity contribution >= 4 is 6.03 Å². The Bertz CT molecular complexity index is 843. The van der Waals surface area contributed by atoms with E-state index in [1.54, 1.807) is 29.2 Å². The number of amides is 2. The molecule has 0 aliphatic carbocycles. The lowest BCUT2D eigenvalue weighted by molar-refractivity contribution is 0.240. The SMILES string of the molecule is Cn1cc(-c2ccc(CNC(=O)NCc3ccc(F)cc3)cn2)cn1. The molecule has 0 spiro atoms. The summed E-state index contributed by atoms with van der Waals surface area (Å²) in [7, 11) is 1.85. The number of hydrogen-bond donors (Lipinski definition) is 2. The van der Waals surface area contributed by atoms with E-state index in [9.17, 15) is 9.18 Å². The van der Waals surface area contributed by atoms with Crippen LogP contribution in [0.3, 0.4) is 0 Å². The van der Waals surface area contributed by atoms with Crippen molar-refractivity contribution in [2.75, 3.05) is 0 Å². The normalized spacial score (nSPS) is 10.5.